The predicted molar refractivity (Wildman–Crippen MR) is 135 cm³/mol. The average Bonchev–Trinajstić information content (AvgIpc) is 2.93. The first-order chi connectivity index (χ1) is 20.7. The van der Waals surface area contributed by atoms with Crippen LogP contribution in [0, 0.1) is 5.92 Å². The Morgan fingerprint density at radius 1 is 0.556 bits per heavy atom. The lowest BCUT2D eigenvalue weighted by atomic mass is 9.88. The summed E-state index contributed by atoms with van der Waals surface area (Å²) in [7, 11) is 1.45. The van der Waals surface area contributed by atoms with Gasteiger partial charge in [-0.15, -0.1) is 0 Å². The van der Waals surface area contributed by atoms with Crippen molar-refractivity contribution < 1.29 is 80.8 Å². The van der Waals surface area contributed by atoms with E-state index in [9.17, 15) is 61.9 Å². The van der Waals surface area contributed by atoms with E-state index in [2.05, 4.69) is 0 Å². The van der Waals surface area contributed by atoms with Gasteiger partial charge in [0.05, 0.1) is 39.0 Å². The highest BCUT2D eigenvalue weighted by atomic mass is 19.4. The van der Waals surface area contributed by atoms with Crippen LogP contribution < -0.4 is 0 Å². The minimum atomic E-state index is -7.96. The number of unbranched alkanes of at least 4 members (excludes halogenated alkanes) is 7. The lowest BCUT2D eigenvalue weighted by Crippen LogP contribution is -2.70. The van der Waals surface area contributed by atoms with Crippen molar-refractivity contribution in [2.24, 2.45) is 5.92 Å². The Labute approximate surface area is 253 Å². The molecule has 0 rings (SSSR count). The zero-order valence-corrected chi connectivity index (χ0v) is 25.1. The van der Waals surface area contributed by atoms with E-state index in [1.165, 1.54) is 7.11 Å². The van der Waals surface area contributed by atoms with Crippen molar-refractivity contribution in [1.29, 1.82) is 0 Å². The lowest BCUT2D eigenvalue weighted by Gasteiger charge is -2.40. The molecule has 0 aromatic heterocycles. The fourth-order valence-corrected chi connectivity index (χ4v) is 4.00. The van der Waals surface area contributed by atoms with Crippen LogP contribution in [0.2, 0.25) is 0 Å². The van der Waals surface area contributed by atoms with Gasteiger partial charge < -0.3 is 18.9 Å². The van der Waals surface area contributed by atoms with Crippen LogP contribution in [-0.4, -0.2) is 88.5 Å². The first kappa shape index (κ1) is 43.4. The second kappa shape index (κ2) is 19.3. The number of hydrogen-bond donors (Lipinski definition) is 0. The van der Waals surface area contributed by atoms with E-state index in [1.807, 2.05) is 6.92 Å². The molecule has 0 heterocycles. The van der Waals surface area contributed by atoms with E-state index < -0.39 is 67.1 Å². The molecular formula is C27H41F13O5. The second-order valence-electron chi connectivity index (χ2n) is 10.4. The summed E-state index contributed by atoms with van der Waals surface area (Å²) in [5.41, 5.74) is 0. The van der Waals surface area contributed by atoms with Crippen molar-refractivity contribution in [1.82, 2.24) is 0 Å². The summed E-state index contributed by atoms with van der Waals surface area (Å²) in [5.74, 6) is -40.1. The number of halogens is 13. The molecule has 1 atom stereocenters. The van der Waals surface area contributed by atoms with E-state index in [1.54, 1.807) is 0 Å². The number of alkyl halides is 13. The third-order valence-electron chi connectivity index (χ3n) is 6.82. The van der Waals surface area contributed by atoms with Crippen molar-refractivity contribution in [3.63, 3.8) is 0 Å². The van der Waals surface area contributed by atoms with E-state index >= 15 is 0 Å². The predicted octanol–water partition coefficient (Wildman–Crippen LogP) is 8.88. The molecule has 1 unspecified atom stereocenters. The summed E-state index contributed by atoms with van der Waals surface area (Å²) in [6.45, 7) is 2.13. The van der Waals surface area contributed by atoms with Gasteiger partial charge in [0, 0.05) is 13.5 Å². The summed E-state index contributed by atoms with van der Waals surface area (Å²) in [6, 6.07) is 0. The molecule has 0 aliphatic carbocycles. The molecule has 45 heavy (non-hydrogen) atoms. The zero-order chi connectivity index (χ0) is 35.0. The van der Waals surface area contributed by atoms with Crippen LogP contribution in [0.1, 0.15) is 77.6 Å². The van der Waals surface area contributed by atoms with Gasteiger partial charge in [-0.05, 0) is 12.8 Å². The molecule has 0 amide bonds. The minimum absolute atomic E-state index is 0.0521. The molecule has 0 saturated heterocycles. The van der Waals surface area contributed by atoms with Crippen LogP contribution in [0.15, 0.2) is 0 Å². The van der Waals surface area contributed by atoms with E-state index in [0.717, 1.165) is 32.1 Å². The molecule has 0 saturated carbocycles. The Kier molecular flexibility index (Phi) is 18.6. The smallest absolute Gasteiger partial charge is 0.460 e. The maximum atomic E-state index is 14.3. The van der Waals surface area contributed by atoms with Crippen molar-refractivity contribution in [2.45, 2.75) is 113 Å². The molecule has 5 nitrogen and oxygen atoms in total. The van der Waals surface area contributed by atoms with E-state index in [-0.39, 0.29) is 39.3 Å². The molecule has 0 aliphatic rings. The minimum Gasteiger partial charge on any atom is -0.463 e. The molecule has 18 heteroatoms. The lowest BCUT2D eigenvalue weighted by molar-refractivity contribution is -0.440. The molecule has 0 aromatic carbocycles. The maximum Gasteiger partial charge on any atom is 0.460 e. The molecule has 0 spiro atoms. The van der Waals surface area contributed by atoms with Crippen LogP contribution >= 0.6 is 0 Å². The quantitative estimate of drug-likeness (QED) is 0.0515. The number of carbonyl (C=O) groups excluding carboxylic acids is 1. The van der Waals surface area contributed by atoms with Crippen molar-refractivity contribution in [3.8, 4) is 0 Å². The number of carbonyl (C=O) groups is 1. The van der Waals surface area contributed by atoms with Gasteiger partial charge in [0.25, 0.3) is 0 Å². The Balaban J connectivity index is 5.47. The molecular weight excluding hydrogens is 651 g/mol. The standard InChI is InChI=1S/C27H41F13O5/c1-3-4-5-6-7-8-9-10-11-20(21(41)45-19-18-44-17-16-43-15-14-42-2)12-13-22(28,29)23(30,31)24(32,33)25(34,35)26(36,37)27(38,39)40/h20H,3-19H2,1-2H3. The maximum absolute atomic E-state index is 14.3. The van der Waals surface area contributed by atoms with Crippen molar-refractivity contribution >= 4 is 5.97 Å². The largest absolute Gasteiger partial charge is 0.463 e. The second-order valence-corrected chi connectivity index (χ2v) is 10.4. The Bertz CT molecular complexity index is 823. The van der Waals surface area contributed by atoms with Crippen LogP contribution in [0.3, 0.4) is 0 Å². The van der Waals surface area contributed by atoms with Gasteiger partial charge in [0.1, 0.15) is 6.61 Å². The van der Waals surface area contributed by atoms with Gasteiger partial charge in [0.2, 0.25) is 0 Å². The third-order valence-corrected chi connectivity index (χ3v) is 6.82. The van der Waals surface area contributed by atoms with Crippen LogP contribution in [0.25, 0.3) is 0 Å². The molecule has 0 radical (unpaired) electrons. The molecule has 0 aromatic rings. The van der Waals surface area contributed by atoms with Gasteiger partial charge >= 0.3 is 41.8 Å². The van der Waals surface area contributed by atoms with Gasteiger partial charge in [-0.25, -0.2) is 0 Å². The number of esters is 1. The summed E-state index contributed by atoms with van der Waals surface area (Å²) in [5, 5.41) is 0. The van der Waals surface area contributed by atoms with Gasteiger partial charge in [0.15, 0.2) is 0 Å². The van der Waals surface area contributed by atoms with Gasteiger partial charge in [-0.2, -0.15) is 57.1 Å². The average molecular weight is 693 g/mol. The highest BCUT2D eigenvalue weighted by molar-refractivity contribution is 5.72. The highest BCUT2D eigenvalue weighted by Gasteiger charge is 2.90. The number of hydrogen-bond acceptors (Lipinski definition) is 5. The van der Waals surface area contributed by atoms with E-state index in [0.29, 0.717) is 19.4 Å². The summed E-state index contributed by atoms with van der Waals surface area (Å²) >= 11 is 0. The summed E-state index contributed by atoms with van der Waals surface area (Å²) in [6.07, 6.45) is -5.63. The third kappa shape index (κ3) is 12.5. The number of ether oxygens (including phenoxy) is 4. The topological polar surface area (TPSA) is 54.0 Å². The Morgan fingerprint density at radius 2 is 1.00 bits per heavy atom. The SMILES string of the molecule is CCCCCCCCCCC(CCC(F)(F)C(F)(F)C(F)(F)C(F)(F)C(F)(F)C(F)(F)F)C(=O)OCCOCCOCCOC. The zero-order valence-electron chi connectivity index (χ0n) is 25.1. The van der Waals surface area contributed by atoms with Crippen molar-refractivity contribution in [3.05, 3.63) is 0 Å². The van der Waals surface area contributed by atoms with E-state index in [4.69, 9.17) is 18.9 Å². The summed E-state index contributed by atoms with van der Waals surface area (Å²) < 4.78 is 195. The van der Waals surface area contributed by atoms with Crippen LogP contribution in [0.5, 0.6) is 0 Å². The molecule has 270 valence electrons. The Morgan fingerprint density at radius 3 is 1.49 bits per heavy atom. The van der Waals surface area contributed by atoms with Crippen LogP contribution in [0.4, 0.5) is 57.1 Å². The number of methoxy groups -OCH3 is 1. The van der Waals surface area contributed by atoms with Gasteiger partial charge in [-0.1, -0.05) is 58.3 Å². The summed E-state index contributed by atoms with van der Waals surface area (Å²) in [4.78, 5) is 12.5. The first-order valence-electron chi connectivity index (χ1n) is 14.4. The molecule has 0 bridgehead atoms. The molecule has 0 N–H and O–H groups in total. The van der Waals surface area contributed by atoms with Gasteiger partial charge in [-0.3, -0.25) is 4.79 Å². The fourth-order valence-electron chi connectivity index (χ4n) is 4.00. The highest BCUT2D eigenvalue weighted by Crippen LogP contribution is 2.60. The van der Waals surface area contributed by atoms with Crippen LogP contribution in [-0.2, 0) is 23.7 Å². The molecule has 0 aliphatic heterocycles. The number of rotatable bonds is 26. The van der Waals surface area contributed by atoms with Crippen molar-refractivity contribution in [2.75, 3.05) is 46.8 Å². The molecule has 0 fully saturated rings. The first-order valence-corrected chi connectivity index (χ1v) is 14.4. The normalized spacial score (nSPS) is 14.6. The Hall–Kier alpha value is -1.56. The fraction of sp³-hybridized carbons (Fsp3) is 0.963. The monoisotopic (exact) mass is 692 g/mol.